The summed E-state index contributed by atoms with van der Waals surface area (Å²) in [5.41, 5.74) is 0. The van der Waals surface area contributed by atoms with Gasteiger partial charge in [0.15, 0.2) is 0 Å². The Bertz CT molecular complexity index is 338. The van der Waals surface area contributed by atoms with Crippen LogP contribution in [0.5, 0.6) is 0 Å². The lowest BCUT2D eigenvalue weighted by Gasteiger charge is -2.24. The standard InChI is InChI=1S/C16H30N2O3/c1-12(11-15(20)18(3)10-9-13(2)19)17-16(21)14-7-5-4-6-8-14/h12-14,19H,4-11H2,1-3H3,(H,17,21). The van der Waals surface area contributed by atoms with E-state index in [4.69, 9.17) is 0 Å². The SMILES string of the molecule is CC(O)CCN(C)C(=O)CC(C)NC(=O)C1CCCCC1. The zero-order valence-electron chi connectivity index (χ0n) is 13.6. The van der Waals surface area contributed by atoms with Crippen molar-refractivity contribution in [1.82, 2.24) is 10.2 Å². The third kappa shape index (κ3) is 6.93. The second kappa shape index (κ2) is 9.03. The topological polar surface area (TPSA) is 69.6 Å². The minimum atomic E-state index is -0.399. The number of rotatable bonds is 7. The monoisotopic (exact) mass is 298 g/mol. The van der Waals surface area contributed by atoms with Crippen LogP contribution in [0.3, 0.4) is 0 Å². The zero-order valence-corrected chi connectivity index (χ0v) is 13.6. The van der Waals surface area contributed by atoms with Crippen molar-refractivity contribution in [2.24, 2.45) is 5.92 Å². The van der Waals surface area contributed by atoms with Gasteiger partial charge in [0, 0.05) is 32.0 Å². The van der Waals surface area contributed by atoms with Crippen molar-refractivity contribution in [3.8, 4) is 0 Å². The van der Waals surface area contributed by atoms with E-state index in [9.17, 15) is 14.7 Å². The van der Waals surface area contributed by atoms with E-state index in [2.05, 4.69) is 5.32 Å². The van der Waals surface area contributed by atoms with Crippen molar-refractivity contribution in [2.75, 3.05) is 13.6 Å². The Kier molecular flexibility index (Phi) is 7.72. The van der Waals surface area contributed by atoms with Gasteiger partial charge in [-0.2, -0.15) is 0 Å². The summed E-state index contributed by atoms with van der Waals surface area (Å²) in [6.07, 6.45) is 5.93. The van der Waals surface area contributed by atoms with E-state index in [1.54, 1.807) is 18.9 Å². The molecule has 0 heterocycles. The largest absolute Gasteiger partial charge is 0.393 e. The van der Waals surface area contributed by atoms with Crippen LogP contribution in [0.25, 0.3) is 0 Å². The molecule has 2 N–H and O–H groups in total. The summed E-state index contributed by atoms with van der Waals surface area (Å²) in [5.74, 6) is 0.234. The van der Waals surface area contributed by atoms with Crippen molar-refractivity contribution in [1.29, 1.82) is 0 Å². The molecule has 0 aromatic carbocycles. The summed E-state index contributed by atoms with van der Waals surface area (Å²) < 4.78 is 0. The van der Waals surface area contributed by atoms with E-state index < -0.39 is 6.10 Å². The molecule has 1 fully saturated rings. The third-order valence-electron chi connectivity index (χ3n) is 4.15. The van der Waals surface area contributed by atoms with Crippen molar-refractivity contribution < 1.29 is 14.7 Å². The normalized spacial score (nSPS) is 18.9. The number of nitrogens with zero attached hydrogens (tertiary/aromatic N) is 1. The summed E-state index contributed by atoms with van der Waals surface area (Å²) in [4.78, 5) is 25.7. The van der Waals surface area contributed by atoms with Crippen LogP contribution in [0.2, 0.25) is 0 Å². The number of aliphatic hydroxyl groups excluding tert-OH is 1. The van der Waals surface area contributed by atoms with Crippen molar-refractivity contribution >= 4 is 11.8 Å². The summed E-state index contributed by atoms with van der Waals surface area (Å²) >= 11 is 0. The summed E-state index contributed by atoms with van der Waals surface area (Å²) in [7, 11) is 1.74. The smallest absolute Gasteiger partial charge is 0.224 e. The third-order valence-corrected chi connectivity index (χ3v) is 4.15. The van der Waals surface area contributed by atoms with Gasteiger partial charge in [-0.05, 0) is 33.1 Å². The molecule has 1 aliphatic carbocycles. The number of hydrogen-bond acceptors (Lipinski definition) is 3. The van der Waals surface area contributed by atoms with Gasteiger partial charge >= 0.3 is 0 Å². The van der Waals surface area contributed by atoms with E-state index in [1.807, 2.05) is 6.92 Å². The first kappa shape index (κ1) is 18.0. The van der Waals surface area contributed by atoms with Gasteiger partial charge in [0.25, 0.3) is 0 Å². The Hall–Kier alpha value is -1.10. The van der Waals surface area contributed by atoms with E-state index in [0.29, 0.717) is 19.4 Å². The van der Waals surface area contributed by atoms with Crippen molar-refractivity contribution in [2.45, 2.75) is 70.9 Å². The molecule has 0 aromatic heterocycles. The molecule has 0 spiro atoms. The fourth-order valence-electron chi connectivity index (χ4n) is 2.70. The fourth-order valence-corrected chi connectivity index (χ4v) is 2.70. The van der Waals surface area contributed by atoms with E-state index >= 15 is 0 Å². The van der Waals surface area contributed by atoms with Gasteiger partial charge in [-0.25, -0.2) is 0 Å². The molecule has 1 rings (SSSR count). The Labute approximate surface area is 128 Å². The maximum absolute atomic E-state index is 12.1. The van der Waals surface area contributed by atoms with Crippen LogP contribution in [-0.4, -0.2) is 47.6 Å². The maximum Gasteiger partial charge on any atom is 0.224 e. The average Bonchev–Trinajstić information content (AvgIpc) is 2.45. The summed E-state index contributed by atoms with van der Waals surface area (Å²) in [5, 5.41) is 12.2. The molecule has 0 saturated heterocycles. The molecule has 0 aliphatic heterocycles. The Morgan fingerprint density at radius 1 is 1.24 bits per heavy atom. The average molecular weight is 298 g/mol. The molecule has 2 unspecified atom stereocenters. The molecule has 5 nitrogen and oxygen atoms in total. The molecular formula is C16H30N2O3. The predicted molar refractivity (Wildman–Crippen MR) is 82.7 cm³/mol. The zero-order chi connectivity index (χ0) is 15.8. The van der Waals surface area contributed by atoms with Crippen LogP contribution in [0, 0.1) is 5.92 Å². The molecule has 122 valence electrons. The minimum absolute atomic E-state index is 0.00657. The van der Waals surface area contributed by atoms with E-state index in [1.165, 1.54) is 6.42 Å². The highest BCUT2D eigenvalue weighted by atomic mass is 16.3. The van der Waals surface area contributed by atoms with Crippen LogP contribution >= 0.6 is 0 Å². The lowest BCUT2D eigenvalue weighted by atomic mass is 9.88. The minimum Gasteiger partial charge on any atom is -0.393 e. The number of amides is 2. The van der Waals surface area contributed by atoms with Crippen LogP contribution in [0.4, 0.5) is 0 Å². The first-order valence-electron chi connectivity index (χ1n) is 8.12. The second-order valence-corrected chi connectivity index (χ2v) is 6.40. The van der Waals surface area contributed by atoms with Gasteiger partial charge in [0.1, 0.15) is 0 Å². The van der Waals surface area contributed by atoms with Crippen LogP contribution in [0.1, 0.15) is 58.8 Å². The van der Waals surface area contributed by atoms with Gasteiger partial charge in [-0.1, -0.05) is 19.3 Å². The predicted octanol–water partition coefficient (Wildman–Crippen LogP) is 1.69. The van der Waals surface area contributed by atoms with Crippen molar-refractivity contribution in [3.63, 3.8) is 0 Å². The first-order valence-corrected chi connectivity index (χ1v) is 8.12. The summed E-state index contributed by atoms with van der Waals surface area (Å²) in [6, 6.07) is -0.138. The second-order valence-electron chi connectivity index (χ2n) is 6.40. The van der Waals surface area contributed by atoms with E-state index in [-0.39, 0.29) is 23.8 Å². The number of nitrogens with one attached hydrogen (secondary N) is 1. The highest BCUT2D eigenvalue weighted by Crippen LogP contribution is 2.23. The van der Waals surface area contributed by atoms with E-state index in [0.717, 1.165) is 25.7 Å². The van der Waals surface area contributed by atoms with Crippen LogP contribution in [-0.2, 0) is 9.59 Å². The lowest BCUT2D eigenvalue weighted by molar-refractivity contribution is -0.131. The molecule has 2 amide bonds. The molecule has 21 heavy (non-hydrogen) atoms. The number of aliphatic hydroxyl groups is 1. The van der Waals surface area contributed by atoms with Crippen LogP contribution in [0.15, 0.2) is 0 Å². The van der Waals surface area contributed by atoms with Gasteiger partial charge < -0.3 is 15.3 Å². The van der Waals surface area contributed by atoms with Gasteiger partial charge in [0.05, 0.1) is 6.10 Å². The molecule has 2 atom stereocenters. The van der Waals surface area contributed by atoms with Crippen molar-refractivity contribution in [3.05, 3.63) is 0 Å². The van der Waals surface area contributed by atoms with Gasteiger partial charge in [-0.15, -0.1) is 0 Å². The maximum atomic E-state index is 12.1. The Balaban J connectivity index is 2.29. The number of carbonyl (C=O) groups is 2. The summed E-state index contributed by atoms with van der Waals surface area (Å²) in [6.45, 7) is 4.13. The fraction of sp³-hybridized carbons (Fsp3) is 0.875. The molecule has 0 bridgehead atoms. The molecule has 1 saturated carbocycles. The van der Waals surface area contributed by atoms with Gasteiger partial charge in [-0.3, -0.25) is 9.59 Å². The van der Waals surface area contributed by atoms with Crippen LogP contribution < -0.4 is 5.32 Å². The highest BCUT2D eigenvalue weighted by Gasteiger charge is 2.23. The highest BCUT2D eigenvalue weighted by molar-refractivity contribution is 5.81. The molecule has 0 radical (unpaired) electrons. The lowest BCUT2D eigenvalue weighted by Crippen LogP contribution is -2.41. The quantitative estimate of drug-likeness (QED) is 0.751. The molecule has 1 aliphatic rings. The molecule has 0 aromatic rings. The molecular weight excluding hydrogens is 268 g/mol. The van der Waals surface area contributed by atoms with Gasteiger partial charge in [0.2, 0.25) is 11.8 Å². The number of hydrogen-bond donors (Lipinski definition) is 2. The molecule has 5 heteroatoms. The number of carbonyl (C=O) groups excluding carboxylic acids is 2. The Morgan fingerprint density at radius 3 is 2.43 bits per heavy atom. The Morgan fingerprint density at radius 2 is 1.86 bits per heavy atom. The first-order chi connectivity index (χ1) is 9.90.